The minimum absolute atomic E-state index is 0. The number of rotatable bonds is 2. The van der Waals surface area contributed by atoms with Crippen LogP contribution in [-0.4, -0.2) is 12.2 Å². The van der Waals surface area contributed by atoms with E-state index < -0.39 is 11.9 Å². The number of benzene rings is 1. The molecule has 0 heterocycles. The van der Waals surface area contributed by atoms with E-state index in [1.54, 1.807) is 19.1 Å². The van der Waals surface area contributed by atoms with Crippen LogP contribution in [0.25, 0.3) is 0 Å². The molecular weight excluding hydrogens is 239 g/mol. The van der Waals surface area contributed by atoms with E-state index in [-0.39, 0.29) is 22.7 Å². The van der Waals surface area contributed by atoms with Gasteiger partial charge in [-0.3, -0.25) is 0 Å². The molecule has 13 heavy (non-hydrogen) atoms. The third kappa shape index (κ3) is 2.67. The highest BCUT2D eigenvalue weighted by molar-refractivity contribution is 8.93. The van der Waals surface area contributed by atoms with Gasteiger partial charge in [-0.05, 0) is 13.0 Å². The Bertz CT molecular complexity index is 276. The molecule has 0 aromatic heterocycles. The molecule has 0 spiro atoms. The van der Waals surface area contributed by atoms with Gasteiger partial charge < -0.3 is 9.84 Å². The number of aliphatic hydroxyl groups excluding tert-OH is 1. The summed E-state index contributed by atoms with van der Waals surface area (Å²) in [4.78, 5) is 0. The lowest BCUT2D eigenvalue weighted by atomic mass is 10.1. The number of methoxy groups -OCH3 is 1. The Morgan fingerprint density at radius 2 is 2.08 bits per heavy atom. The number of hydrogen-bond acceptors (Lipinski definition) is 2. The van der Waals surface area contributed by atoms with Gasteiger partial charge in [-0.25, -0.2) is 4.39 Å². The third-order valence-electron chi connectivity index (χ3n) is 1.65. The van der Waals surface area contributed by atoms with Crippen LogP contribution in [0.3, 0.4) is 0 Å². The summed E-state index contributed by atoms with van der Waals surface area (Å²) < 4.78 is 17.8. The molecule has 1 rings (SSSR count). The summed E-state index contributed by atoms with van der Waals surface area (Å²) in [7, 11) is 1.38. The molecule has 0 aliphatic carbocycles. The predicted octanol–water partition coefficient (Wildman–Crippen LogP) is 2.47. The second kappa shape index (κ2) is 5.19. The zero-order valence-corrected chi connectivity index (χ0v) is 9.16. The van der Waals surface area contributed by atoms with Crippen LogP contribution in [0.2, 0.25) is 0 Å². The maximum atomic E-state index is 13.0. The lowest BCUT2D eigenvalue weighted by Gasteiger charge is -2.10. The minimum atomic E-state index is -0.712. The molecule has 74 valence electrons. The fraction of sp³-hybridized carbons (Fsp3) is 0.333. The topological polar surface area (TPSA) is 29.5 Å². The van der Waals surface area contributed by atoms with Crippen molar-refractivity contribution in [1.82, 2.24) is 0 Å². The van der Waals surface area contributed by atoms with E-state index >= 15 is 0 Å². The van der Waals surface area contributed by atoms with Crippen LogP contribution in [-0.2, 0) is 0 Å². The molecule has 1 unspecified atom stereocenters. The normalized spacial score (nSPS) is 11.7. The summed E-state index contributed by atoms with van der Waals surface area (Å²) >= 11 is 0. The SMILES string of the molecule is Br.COc1c(F)cccc1C(C)O. The van der Waals surface area contributed by atoms with Gasteiger partial charge in [-0.1, -0.05) is 12.1 Å². The first kappa shape index (κ1) is 12.4. The molecule has 1 aromatic carbocycles. The van der Waals surface area contributed by atoms with Crippen molar-refractivity contribution in [3.05, 3.63) is 29.6 Å². The van der Waals surface area contributed by atoms with Crippen LogP contribution in [0.15, 0.2) is 18.2 Å². The van der Waals surface area contributed by atoms with Crippen molar-refractivity contribution in [2.75, 3.05) is 7.11 Å². The van der Waals surface area contributed by atoms with Crippen LogP contribution >= 0.6 is 17.0 Å². The fourth-order valence-corrected chi connectivity index (χ4v) is 1.07. The molecule has 1 N–H and O–H groups in total. The lowest BCUT2D eigenvalue weighted by Crippen LogP contribution is -1.98. The molecule has 0 aliphatic rings. The van der Waals surface area contributed by atoms with Gasteiger partial charge >= 0.3 is 0 Å². The van der Waals surface area contributed by atoms with E-state index in [2.05, 4.69) is 0 Å². The van der Waals surface area contributed by atoms with Gasteiger partial charge in [0.25, 0.3) is 0 Å². The van der Waals surface area contributed by atoms with Crippen LogP contribution in [0.1, 0.15) is 18.6 Å². The highest BCUT2D eigenvalue weighted by atomic mass is 79.9. The maximum Gasteiger partial charge on any atom is 0.165 e. The summed E-state index contributed by atoms with van der Waals surface area (Å²) in [6.45, 7) is 1.57. The Balaban J connectivity index is 0.00000144. The highest BCUT2D eigenvalue weighted by Gasteiger charge is 2.11. The molecule has 0 fully saturated rings. The Kier molecular flexibility index (Phi) is 4.95. The Labute approximate surface area is 87.1 Å². The van der Waals surface area contributed by atoms with Crippen molar-refractivity contribution >= 4 is 17.0 Å². The molecule has 0 bridgehead atoms. The van der Waals surface area contributed by atoms with Gasteiger partial charge in [0.05, 0.1) is 13.2 Å². The molecule has 0 aliphatic heterocycles. The van der Waals surface area contributed by atoms with Gasteiger partial charge in [0.2, 0.25) is 0 Å². The second-order valence-electron chi connectivity index (χ2n) is 2.54. The fourth-order valence-electron chi connectivity index (χ4n) is 1.07. The van der Waals surface area contributed by atoms with Crippen molar-refractivity contribution in [2.24, 2.45) is 0 Å². The quantitative estimate of drug-likeness (QED) is 0.874. The molecular formula is C9H12BrFO2. The summed E-state index contributed by atoms with van der Waals surface area (Å²) in [5, 5.41) is 9.21. The van der Waals surface area contributed by atoms with Gasteiger partial charge in [0.1, 0.15) is 0 Å². The van der Waals surface area contributed by atoms with E-state index in [0.717, 1.165) is 0 Å². The van der Waals surface area contributed by atoms with E-state index in [4.69, 9.17) is 4.74 Å². The van der Waals surface area contributed by atoms with Crippen molar-refractivity contribution in [2.45, 2.75) is 13.0 Å². The van der Waals surface area contributed by atoms with E-state index in [1.165, 1.54) is 13.2 Å². The van der Waals surface area contributed by atoms with Crippen LogP contribution in [0.5, 0.6) is 5.75 Å². The Morgan fingerprint density at radius 1 is 1.46 bits per heavy atom. The molecule has 1 aromatic rings. The predicted molar refractivity (Wildman–Crippen MR) is 53.9 cm³/mol. The van der Waals surface area contributed by atoms with Crippen molar-refractivity contribution in [3.63, 3.8) is 0 Å². The summed E-state index contributed by atoms with van der Waals surface area (Å²) in [6, 6.07) is 4.47. The minimum Gasteiger partial charge on any atom is -0.493 e. The van der Waals surface area contributed by atoms with E-state index in [0.29, 0.717) is 5.56 Å². The van der Waals surface area contributed by atoms with Gasteiger partial charge in [-0.2, -0.15) is 0 Å². The Morgan fingerprint density at radius 3 is 2.46 bits per heavy atom. The van der Waals surface area contributed by atoms with Gasteiger partial charge in [0, 0.05) is 5.56 Å². The number of aliphatic hydroxyl groups is 1. The summed E-state index contributed by atoms with van der Waals surface area (Å²) in [5.74, 6) is -0.330. The molecule has 0 amide bonds. The molecule has 1 atom stereocenters. The molecule has 4 heteroatoms. The first-order chi connectivity index (χ1) is 5.66. The highest BCUT2D eigenvalue weighted by Crippen LogP contribution is 2.27. The molecule has 0 saturated carbocycles. The first-order valence-electron chi connectivity index (χ1n) is 3.67. The monoisotopic (exact) mass is 250 g/mol. The average molecular weight is 251 g/mol. The van der Waals surface area contributed by atoms with Crippen molar-refractivity contribution in [3.8, 4) is 5.75 Å². The number of ether oxygens (including phenoxy) is 1. The molecule has 0 radical (unpaired) electrons. The number of halogens is 2. The Hall–Kier alpha value is -0.610. The van der Waals surface area contributed by atoms with Crippen LogP contribution in [0, 0.1) is 5.82 Å². The number of hydrogen-bond donors (Lipinski definition) is 1. The third-order valence-corrected chi connectivity index (χ3v) is 1.65. The van der Waals surface area contributed by atoms with Gasteiger partial charge in [0.15, 0.2) is 11.6 Å². The second-order valence-corrected chi connectivity index (χ2v) is 2.54. The summed E-state index contributed by atoms with van der Waals surface area (Å²) in [5.41, 5.74) is 0.470. The van der Waals surface area contributed by atoms with Crippen LogP contribution in [0.4, 0.5) is 4.39 Å². The van der Waals surface area contributed by atoms with Crippen molar-refractivity contribution in [1.29, 1.82) is 0 Å². The summed E-state index contributed by atoms with van der Waals surface area (Å²) in [6.07, 6.45) is -0.712. The van der Waals surface area contributed by atoms with E-state index in [9.17, 15) is 9.50 Å². The maximum absolute atomic E-state index is 13.0. The zero-order valence-electron chi connectivity index (χ0n) is 7.45. The number of para-hydroxylation sites is 1. The van der Waals surface area contributed by atoms with Crippen LogP contribution < -0.4 is 4.74 Å². The van der Waals surface area contributed by atoms with Crippen molar-refractivity contribution < 1.29 is 14.2 Å². The average Bonchev–Trinajstić information content (AvgIpc) is 2.03. The lowest BCUT2D eigenvalue weighted by molar-refractivity contribution is 0.193. The zero-order chi connectivity index (χ0) is 9.14. The molecule has 0 saturated heterocycles. The smallest absolute Gasteiger partial charge is 0.165 e. The van der Waals surface area contributed by atoms with Gasteiger partial charge in [-0.15, -0.1) is 17.0 Å². The standard InChI is InChI=1S/C9H11FO2.BrH/c1-6(11)7-4-3-5-8(10)9(7)12-2;/h3-6,11H,1-2H3;1H. The first-order valence-corrected chi connectivity index (χ1v) is 3.67. The van der Waals surface area contributed by atoms with E-state index in [1.807, 2.05) is 0 Å². The largest absolute Gasteiger partial charge is 0.493 e. The molecule has 2 nitrogen and oxygen atoms in total.